The van der Waals surface area contributed by atoms with E-state index in [1.165, 1.54) is 23.1 Å². The third kappa shape index (κ3) is 6.10. The molecule has 6 nitrogen and oxygen atoms in total. The van der Waals surface area contributed by atoms with Crippen LogP contribution in [0.5, 0.6) is 11.5 Å². The lowest BCUT2D eigenvalue weighted by Crippen LogP contribution is -2.44. The van der Waals surface area contributed by atoms with Crippen LogP contribution in [0.2, 0.25) is 0 Å². The van der Waals surface area contributed by atoms with Crippen LogP contribution in [0.15, 0.2) is 78.6 Å². The quantitative estimate of drug-likeness (QED) is 0.312. The summed E-state index contributed by atoms with van der Waals surface area (Å²) < 4.78 is 24.8. The minimum atomic E-state index is -0.450. The van der Waals surface area contributed by atoms with E-state index >= 15 is 0 Å². The molecule has 1 atom stereocenters. The zero-order chi connectivity index (χ0) is 25.5. The number of rotatable bonds is 9. The van der Waals surface area contributed by atoms with E-state index in [1.54, 1.807) is 36.4 Å². The van der Waals surface area contributed by atoms with E-state index in [1.807, 2.05) is 31.2 Å². The number of carbonyl (C=O) groups excluding carboxylic acids is 2. The van der Waals surface area contributed by atoms with Crippen LogP contribution in [0.1, 0.15) is 43.9 Å². The molecule has 0 saturated carbocycles. The minimum absolute atomic E-state index is 0.0554. The first-order valence-corrected chi connectivity index (χ1v) is 12.0. The maximum atomic E-state index is 13.3. The topological polar surface area (TPSA) is 67.9 Å². The number of nitrogens with one attached hydrogen (secondary N) is 1. The Balaban J connectivity index is 1.46. The second kappa shape index (κ2) is 11.5. The molecule has 1 unspecified atom stereocenters. The molecular weight excluding hydrogens is 459 g/mol. The molecule has 3 aromatic carbocycles. The average molecular weight is 489 g/mol. The fourth-order valence-corrected chi connectivity index (χ4v) is 3.83. The number of fused-ring (bicyclic) bond motifs is 1. The molecule has 1 N–H and O–H groups in total. The fourth-order valence-electron chi connectivity index (χ4n) is 3.83. The van der Waals surface area contributed by atoms with Gasteiger partial charge < -0.3 is 14.8 Å². The van der Waals surface area contributed by atoms with Crippen molar-refractivity contribution >= 4 is 23.6 Å². The molecular formula is C29H29FN2O4. The van der Waals surface area contributed by atoms with Crippen LogP contribution in [0.3, 0.4) is 0 Å². The Kier molecular flexibility index (Phi) is 8.00. The molecule has 2 amide bonds. The molecule has 7 heteroatoms. The van der Waals surface area contributed by atoms with Gasteiger partial charge in [0, 0.05) is 0 Å². The van der Waals surface area contributed by atoms with Crippen molar-refractivity contribution in [3.05, 3.63) is 95.5 Å². The van der Waals surface area contributed by atoms with E-state index in [0.29, 0.717) is 23.6 Å². The van der Waals surface area contributed by atoms with Crippen LogP contribution in [0.4, 0.5) is 10.1 Å². The number of anilines is 1. The highest BCUT2D eigenvalue weighted by Crippen LogP contribution is 2.35. The summed E-state index contributed by atoms with van der Waals surface area (Å²) >= 11 is 0. The van der Waals surface area contributed by atoms with E-state index in [2.05, 4.69) is 12.2 Å². The summed E-state index contributed by atoms with van der Waals surface area (Å²) in [6, 6.07) is 20.1. The van der Waals surface area contributed by atoms with Crippen LogP contribution >= 0.6 is 0 Å². The van der Waals surface area contributed by atoms with Gasteiger partial charge in [-0.2, -0.15) is 0 Å². The number of amides is 2. The van der Waals surface area contributed by atoms with Gasteiger partial charge in [0.15, 0.2) is 11.5 Å². The Labute approximate surface area is 210 Å². The number of halogens is 1. The maximum absolute atomic E-state index is 13.3. The second-order valence-electron chi connectivity index (χ2n) is 8.58. The van der Waals surface area contributed by atoms with Crippen LogP contribution in [0.25, 0.3) is 6.08 Å². The van der Waals surface area contributed by atoms with Crippen LogP contribution in [-0.4, -0.2) is 25.0 Å². The Morgan fingerprint density at radius 2 is 1.81 bits per heavy atom. The van der Waals surface area contributed by atoms with Gasteiger partial charge in [0.2, 0.25) is 5.91 Å². The predicted molar refractivity (Wildman–Crippen MR) is 137 cm³/mol. The molecule has 1 heterocycles. The van der Waals surface area contributed by atoms with Gasteiger partial charge in [-0.15, -0.1) is 0 Å². The first-order chi connectivity index (χ1) is 17.4. The monoisotopic (exact) mass is 488 g/mol. The number of hydrogen-bond acceptors (Lipinski definition) is 4. The van der Waals surface area contributed by atoms with Crippen molar-refractivity contribution in [3.63, 3.8) is 0 Å². The van der Waals surface area contributed by atoms with Gasteiger partial charge in [-0.05, 0) is 66.9 Å². The number of ether oxygens (including phenoxy) is 2. The third-order valence-corrected chi connectivity index (χ3v) is 5.83. The van der Waals surface area contributed by atoms with E-state index in [0.717, 1.165) is 24.2 Å². The lowest BCUT2D eigenvalue weighted by atomic mass is 10.1. The first-order valence-electron chi connectivity index (χ1n) is 12.0. The Morgan fingerprint density at radius 3 is 2.53 bits per heavy atom. The number of carbonyl (C=O) groups is 2. The summed E-state index contributed by atoms with van der Waals surface area (Å²) in [5, 5.41) is 2.96. The third-order valence-electron chi connectivity index (χ3n) is 5.83. The van der Waals surface area contributed by atoms with Gasteiger partial charge in [0.05, 0.1) is 18.3 Å². The lowest BCUT2D eigenvalue weighted by molar-refractivity contribution is -0.123. The van der Waals surface area contributed by atoms with Crippen LogP contribution < -0.4 is 19.7 Å². The molecule has 1 aliphatic heterocycles. The molecule has 0 aliphatic carbocycles. The normalized spacial score (nSPS) is 14.7. The highest BCUT2D eigenvalue weighted by Gasteiger charge is 2.31. The van der Waals surface area contributed by atoms with Gasteiger partial charge >= 0.3 is 0 Å². The lowest BCUT2D eigenvalue weighted by Gasteiger charge is -2.30. The second-order valence-corrected chi connectivity index (χ2v) is 8.58. The van der Waals surface area contributed by atoms with Crippen molar-refractivity contribution in [2.75, 3.05) is 18.1 Å². The van der Waals surface area contributed by atoms with E-state index < -0.39 is 5.91 Å². The number of para-hydroxylation sites is 2. The average Bonchev–Trinajstić information content (AvgIpc) is 2.88. The number of unbranched alkanes of at least 4 members (excludes halogenated alkanes) is 1. The standard InChI is InChI=1S/C29H29FN2O4/c1-3-4-17-35-24-15-11-22(12-16-24)20(2)31-28(33)19-32-25-7-5-6-8-26(25)36-27(29(32)34)18-21-9-13-23(30)14-10-21/h5-16,18,20H,3-4,17,19H2,1-2H3,(H,31,33). The Morgan fingerprint density at radius 1 is 1.08 bits per heavy atom. The Hall–Kier alpha value is -4.13. The van der Waals surface area contributed by atoms with Crippen molar-refractivity contribution in [1.82, 2.24) is 5.32 Å². The summed E-state index contributed by atoms with van der Waals surface area (Å²) in [6.07, 6.45) is 3.61. The van der Waals surface area contributed by atoms with Gasteiger partial charge in [-0.25, -0.2) is 4.39 Å². The fraction of sp³-hybridized carbons (Fsp3) is 0.241. The Bertz CT molecular complexity index is 1240. The highest BCUT2D eigenvalue weighted by atomic mass is 19.1. The summed E-state index contributed by atoms with van der Waals surface area (Å²) in [5.41, 5.74) is 2.05. The molecule has 186 valence electrons. The first kappa shape index (κ1) is 25.0. The van der Waals surface area contributed by atoms with Crippen LogP contribution in [0, 0.1) is 5.82 Å². The van der Waals surface area contributed by atoms with E-state index in [4.69, 9.17) is 9.47 Å². The van der Waals surface area contributed by atoms with E-state index in [-0.39, 0.29) is 30.1 Å². The van der Waals surface area contributed by atoms with Crippen molar-refractivity contribution in [1.29, 1.82) is 0 Å². The molecule has 4 rings (SSSR count). The molecule has 3 aromatic rings. The van der Waals surface area contributed by atoms with Crippen molar-refractivity contribution in [2.24, 2.45) is 0 Å². The smallest absolute Gasteiger partial charge is 0.294 e. The zero-order valence-electron chi connectivity index (χ0n) is 20.4. The number of hydrogen-bond donors (Lipinski definition) is 1. The molecule has 0 fully saturated rings. The maximum Gasteiger partial charge on any atom is 0.294 e. The van der Waals surface area contributed by atoms with Gasteiger partial charge in [-0.3, -0.25) is 14.5 Å². The van der Waals surface area contributed by atoms with Crippen molar-refractivity contribution in [2.45, 2.75) is 32.7 Å². The minimum Gasteiger partial charge on any atom is -0.494 e. The molecule has 0 aromatic heterocycles. The van der Waals surface area contributed by atoms with Crippen molar-refractivity contribution in [3.8, 4) is 11.5 Å². The molecule has 0 saturated heterocycles. The highest BCUT2D eigenvalue weighted by molar-refractivity contribution is 6.12. The SMILES string of the molecule is CCCCOc1ccc(C(C)NC(=O)CN2C(=O)C(=Cc3ccc(F)cc3)Oc3ccccc32)cc1. The summed E-state index contributed by atoms with van der Waals surface area (Å²) in [7, 11) is 0. The summed E-state index contributed by atoms with van der Waals surface area (Å²) in [5.74, 6) is 0.183. The molecule has 36 heavy (non-hydrogen) atoms. The van der Waals surface area contributed by atoms with Crippen molar-refractivity contribution < 1.29 is 23.5 Å². The largest absolute Gasteiger partial charge is 0.494 e. The predicted octanol–water partition coefficient (Wildman–Crippen LogP) is 5.65. The summed E-state index contributed by atoms with van der Waals surface area (Å²) in [6.45, 7) is 4.50. The summed E-state index contributed by atoms with van der Waals surface area (Å²) in [4.78, 5) is 27.6. The van der Waals surface area contributed by atoms with E-state index in [9.17, 15) is 14.0 Å². The molecule has 0 spiro atoms. The van der Waals surface area contributed by atoms with Crippen LogP contribution in [-0.2, 0) is 9.59 Å². The molecule has 0 radical (unpaired) electrons. The molecule has 1 aliphatic rings. The zero-order valence-corrected chi connectivity index (χ0v) is 20.4. The van der Waals surface area contributed by atoms with Gasteiger partial charge in [-0.1, -0.05) is 49.7 Å². The number of nitrogens with zero attached hydrogens (tertiary/aromatic N) is 1. The molecule has 0 bridgehead atoms. The number of benzene rings is 3. The van der Waals surface area contributed by atoms with Gasteiger partial charge in [0.1, 0.15) is 18.1 Å². The van der Waals surface area contributed by atoms with Gasteiger partial charge in [0.25, 0.3) is 5.91 Å².